The summed E-state index contributed by atoms with van der Waals surface area (Å²) in [7, 11) is 1.85. The zero-order valence-corrected chi connectivity index (χ0v) is 10.9. The number of aromatic nitrogens is 2. The molecule has 5 heteroatoms. The number of nitrogens with one attached hydrogen (secondary N) is 2. The number of rotatable bonds is 4. The lowest BCUT2D eigenvalue weighted by Crippen LogP contribution is -2.07. The molecule has 0 bridgehead atoms. The van der Waals surface area contributed by atoms with E-state index < -0.39 is 0 Å². The Kier molecular flexibility index (Phi) is 2.63. The van der Waals surface area contributed by atoms with Crippen LogP contribution in [0.2, 0.25) is 0 Å². The van der Waals surface area contributed by atoms with Crippen molar-refractivity contribution in [1.29, 1.82) is 0 Å². The van der Waals surface area contributed by atoms with Gasteiger partial charge in [-0.3, -0.25) is 0 Å². The first-order valence-corrected chi connectivity index (χ1v) is 6.77. The number of thiophene rings is 1. The molecule has 90 valence electrons. The van der Waals surface area contributed by atoms with Crippen molar-refractivity contribution >= 4 is 33.3 Å². The van der Waals surface area contributed by atoms with Gasteiger partial charge in [-0.15, -0.1) is 11.3 Å². The smallest absolute Gasteiger partial charge is 0.225 e. The fraction of sp³-hybridized carbons (Fsp3) is 0.500. The molecule has 17 heavy (non-hydrogen) atoms. The van der Waals surface area contributed by atoms with Gasteiger partial charge in [-0.2, -0.15) is 4.98 Å². The van der Waals surface area contributed by atoms with Crippen LogP contribution in [0, 0.1) is 12.8 Å². The maximum Gasteiger partial charge on any atom is 0.225 e. The fourth-order valence-corrected chi connectivity index (χ4v) is 2.73. The maximum atomic E-state index is 4.51. The number of hydrogen-bond donors (Lipinski definition) is 2. The van der Waals surface area contributed by atoms with Crippen LogP contribution in [0.3, 0.4) is 0 Å². The molecule has 1 aliphatic carbocycles. The molecule has 0 saturated heterocycles. The first kappa shape index (κ1) is 10.8. The van der Waals surface area contributed by atoms with Crippen LogP contribution in [0.1, 0.15) is 17.7 Å². The van der Waals surface area contributed by atoms with E-state index in [1.807, 2.05) is 7.05 Å². The van der Waals surface area contributed by atoms with Gasteiger partial charge < -0.3 is 10.6 Å². The Morgan fingerprint density at radius 1 is 1.41 bits per heavy atom. The Bertz CT molecular complexity index is 545. The van der Waals surface area contributed by atoms with Crippen molar-refractivity contribution in [3.63, 3.8) is 0 Å². The van der Waals surface area contributed by atoms with Gasteiger partial charge in [-0.05, 0) is 31.7 Å². The number of fused-ring (bicyclic) bond motifs is 1. The summed E-state index contributed by atoms with van der Waals surface area (Å²) in [6, 6.07) is 2.16. The molecule has 0 radical (unpaired) electrons. The second kappa shape index (κ2) is 4.14. The molecule has 3 rings (SSSR count). The molecule has 0 unspecified atom stereocenters. The summed E-state index contributed by atoms with van der Waals surface area (Å²) < 4.78 is 0. The SMILES string of the molecule is CNc1nc(NCC2CC2)c2cc(C)sc2n1. The van der Waals surface area contributed by atoms with Gasteiger partial charge in [0.15, 0.2) is 0 Å². The van der Waals surface area contributed by atoms with Crippen molar-refractivity contribution in [2.75, 3.05) is 24.2 Å². The standard InChI is InChI=1S/C12H16N4S/c1-7-5-9-10(14-6-8-3-4-8)15-12(13-2)16-11(9)17-7/h5,8H,3-4,6H2,1-2H3,(H2,13,14,15,16). The van der Waals surface area contributed by atoms with Crippen molar-refractivity contribution in [2.24, 2.45) is 5.92 Å². The van der Waals surface area contributed by atoms with Gasteiger partial charge in [0.05, 0.1) is 5.39 Å². The Morgan fingerprint density at radius 3 is 2.94 bits per heavy atom. The lowest BCUT2D eigenvalue weighted by atomic mass is 10.3. The molecule has 0 aliphatic heterocycles. The Morgan fingerprint density at radius 2 is 2.24 bits per heavy atom. The van der Waals surface area contributed by atoms with Crippen molar-refractivity contribution in [3.8, 4) is 0 Å². The van der Waals surface area contributed by atoms with E-state index in [2.05, 4.69) is 33.6 Å². The average Bonchev–Trinajstić information content (AvgIpc) is 3.06. The summed E-state index contributed by atoms with van der Waals surface area (Å²) in [5.41, 5.74) is 0. The minimum absolute atomic E-state index is 0.692. The predicted octanol–water partition coefficient (Wildman–Crippen LogP) is 2.86. The molecule has 0 spiro atoms. The van der Waals surface area contributed by atoms with Gasteiger partial charge in [0.1, 0.15) is 10.6 Å². The van der Waals surface area contributed by atoms with Gasteiger partial charge in [-0.25, -0.2) is 4.98 Å². The van der Waals surface area contributed by atoms with Crippen LogP contribution in [-0.2, 0) is 0 Å². The van der Waals surface area contributed by atoms with Crippen LogP contribution in [0.25, 0.3) is 10.2 Å². The van der Waals surface area contributed by atoms with E-state index in [-0.39, 0.29) is 0 Å². The van der Waals surface area contributed by atoms with E-state index >= 15 is 0 Å². The summed E-state index contributed by atoms with van der Waals surface area (Å²) in [5, 5.41) is 7.62. The van der Waals surface area contributed by atoms with Gasteiger partial charge in [0.2, 0.25) is 5.95 Å². The maximum absolute atomic E-state index is 4.51. The summed E-state index contributed by atoms with van der Waals surface area (Å²) in [6.07, 6.45) is 2.70. The second-order valence-corrected chi connectivity index (χ2v) is 5.78. The quantitative estimate of drug-likeness (QED) is 0.873. The van der Waals surface area contributed by atoms with Crippen LogP contribution in [0.15, 0.2) is 6.07 Å². The monoisotopic (exact) mass is 248 g/mol. The third-order valence-corrected chi connectivity index (χ3v) is 3.94. The van der Waals surface area contributed by atoms with E-state index in [0.29, 0.717) is 5.95 Å². The van der Waals surface area contributed by atoms with Gasteiger partial charge in [0.25, 0.3) is 0 Å². The number of aryl methyl sites for hydroxylation is 1. The number of hydrogen-bond acceptors (Lipinski definition) is 5. The van der Waals surface area contributed by atoms with Crippen molar-refractivity contribution in [2.45, 2.75) is 19.8 Å². The highest BCUT2D eigenvalue weighted by atomic mass is 32.1. The highest BCUT2D eigenvalue weighted by Gasteiger charge is 2.21. The van der Waals surface area contributed by atoms with Gasteiger partial charge >= 0.3 is 0 Å². The predicted molar refractivity (Wildman–Crippen MR) is 72.9 cm³/mol. The minimum atomic E-state index is 0.692. The molecule has 2 aromatic heterocycles. The van der Waals surface area contributed by atoms with Crippen LogP contribution in [0.4, 0.5) is 11.8 Å². The van der Waals surface area contributed by atoms with Crippen LogP contribution in [-0.4, -0.2) is 23.6 Å². The Balaban J connectivity index is 1.98. The number of nitrogens with zero attached hydrogens (tertiary/aromatic N) is 2. The number of anilines is 2. The highest BCUT2D eigenvalue weighted by Crippen LogP contribution is 2.32. The molecule has 2 aromatic rings. The average molecular weight is 248 g/mol. The van der Waals surface area contributed by atoms with Crippen molar-refractivity contribution < 1.29 is 0 Å². The van der Waals surface area contributed by atoms with Gasteiger partial charge in [-0.1, -0.05) is 0 Å². The third kappa shape index (κ3) is 2.20. The summed E-state index contributed by atoms with van der Waals surface area (Å²) in [6.45, 7) is 3.14. The van der Waals surface area contributed by atoms with E-state index in [4.69, 9.17) is 0 Å². The Labute approximate surface area is 104 Å². The molecule has 2 N–H and O–H groups in total. The summed E-state index contributed by atoms with van der Waals surface area (Å²) in [5.74, 6) is 2.51. The van der Waals surface area contributed by atoms with Crippen LogP contribution >= 0.6 is 11.3 Å². The topological polar surface area (TPSA) is 49.8 Å². The molecule has 4 nitrogen and oxygen atoms in total. The largest absolute Gasteiger partial charge is 0.369 e. The zero-order valence-electron chi connectivity index (χ0n) is 10.1. The summed E-state index contributed by atoms with van der Waals surface area (Å²) >= 11 is 1.71. The van der Waals surface area contributed by atoms with Crippen LogP contribution in [0.5, 0.6) is 0 Å². The van der Waals surface area contributed by atoms with Gasteiger partial charge in [0, 0.05) is 18.5 Å². The molecular formula is C12H16N4S. The third-order valence-electron chi connectivity index (χ3n) is 2.99. The van der Waals surface area contributed by atoms with Crippen LogP contribution < -0.4 is 10.6 Å². The lowest BCUT2D eigenvalue weighted by molar-refractivity contribution is 0.884. The molecule has 0 atom stereocenters. The van der Waals surface area contributed by atoms with E-state index in [0.717, 1.165) is 28.5 Å². The highest BCUT2D eigenvalue weighted by molar-refractivity contribution is 7.18. The van der Waals surface area contributed by atoms with E-state index in [9.17, 15) is 0 Å². The molecule has 0 amide bonds. The molecular weight excluding hydrogens is 232 g/mol. The molecule has 1 saturated carbocycles. The molecule has 1 fully saturated rings. The molecule has 0 aromatic carbocycles. The summed E-state index contributed by atoms with van der Waals surface area (Å²) in [4.78, 5) is 11.3. The first-order valence-electron chi connectivity index (χ1n) is 5.96. The normalized spacial score (nSPS) is 15.2. The first-order chi connectivity index (χ1) is 8.26. The second-order valence-electron chi connectivity index (χ2n) is 4.55. The Hall–Kier alpha value is -1.36. The molecule has 2 heterocycles. The molecule has 1 aliphatic rings. The minimum Gasteiger partial charge on any atom is -0.369 e. The van der Waals surface area contributed by atoms with Crippen molar-refractivity contribution in [1.82, 2.24) is 9.97 Å². The fourth-order valence-electron chi connectivity index (χ4n) is 1.85. The van der Waals surface area contributed by atoms with E-state index in [1.165, 1.54) is 17.7 Å². The van der Waals surface area contributed by atoms with E-state index in [1.54, 1.807) is 11.3 Å². The zero-order chi connectivity index (χ0) is 11.8. The van der Waals surface area contributed by atoms with Crippen molar-refractivity contribution in [3.05, 3.63) is 10.9 Å². The lowest BCUT2D eigenvalue weighted by Gasteiger charge is -2.07.